The van der Waals surface area contributed by atoms with E-state index in [2.05, 4.69) is 66.5 Å². The first-order valence-electron chi connectivity index (χ1n) is 9.98. The summed E-state index contributed by atoms with van der Waals surface area (Å²) in [6.07, 6.45) is 5.12. The van der Waals surface area contributed by atoms with E-state index in [9.17, 15) is 4.79 Å². The Morgan fingerprint density at radius 1 is 0.966 bits per heavy atom. The molecule has 150 valence electrons. The van der Waals surface area contributed by atoms with Crippen molar-refractivity contribution in [1.29, 1.82) is 0 Å². The maximum atomic E-state index is 12.6. The van der Waals surface area contributed by atoms with E-state index in [4.69, 9.17) is 0 Å². The minimum Gasteiger partial charge on any atom is -0.348 e. The van der Waals surface area contributed by atoms with E-state index >= 15 is 0 Å². The first kappa shape index (κ1) is 20.5. The van der Waals surface area contributed by atoms with E-state index in [-0.39, 0.29) is 5.91 Å². The van der Waals surface area contributed by atoms with Gasteiger partial charge in [-0.2, -0.15) is 0 Å². The van der Waals surface area contributed by atoms with E-state index in [1.807, 2.05) is 12.1 Å². The second-order valence-corrected chi connectivity index (χ2v) is 7.72. The van der Waals surface area contributed by atoms with Crippen LogP contribution in [0.2, 0.25) is 0 Å². The van der Waals surface area contributed by atoms with Crippen molar-refractivity contribution in [3.63, 3.8) is 0 Å². The minimum absolute atomic E-state index is 0.138. The van der Waals surface area contributed by atoms with Crippen LogP contribution in [-0.4, -0.2) is 15.9 Å². The third kappa shape index (κ3) is 5.19. The fourth-order valence-electron chi connectivity index (χ4n) is 3.25. The highest BCUT2D eigenvalue weighted by Crippen LogP contribution is 2.34. The number of nitrogens with zero attached hydrogens (tertiary/aromatic N) is 2. The number of carbonyl (C=O) groups excluding carboxylic acids is 1. The Labute approximate surface area is 172 Å². The molecule has 5 heteroatoms. The van der Waals surface area contributed by atoms with Crippen molar-refractivity contribution in [1.82, 2.24) is 15.3 Å². The Bertz CT molecular complexity index is 941. The summed E-state index contributed by atoms with van der Waals surface area (Å²) in [7, 11) is 0. The normalized spacial score (nSPS) is 11.0. The molecule has 0 saturated carbocycles. The van der Waals surface area contributed by atoms with Gasteiger partial charge in [0, 0.05) is 36.4 Å². The van der Waals surface area contributed by atoms with Gasteiger partial charge in [0.2, 0.25) is 0 Å². The summed E-state index contributed by atoms with van der Waals surface area (Å²) in [6.45, 7) is 9.16. The van der Waals surface area contributed by atoms with Gasteiger partial charge in [-0.25, -0.2) is 4.98 Å². The molecule has 5 nitrogen and oxygen atoms in total. The molecule has 2 aromatic heterocycles. The van der Waals surface area contributed by atoms with Gasteiger partial charge in [-0.3, -0.25) is 9.78 Å². The van der Waals surface area contributed by atoms with E-state index in [0.29, 0.717) is 29.8 Å². The van der Waals surface area contributed by atoms with Gasteiger partial charge < -0.3 is 10.6 Å². The molecule has 0 unspecified atom stereocenters. The maximum absolute atomic E-state index is 12.6. The van der Waals surface area contributed by atoms with Crippen molar-refractivity contribution in [2.45, 2.75) is 46.1 Å². The number of hydrogen-bond acceptors (Lipinski definition) is 4. The summed E-state index contributed by atoms with van der Waals surface area (Å²) in [4.78, 5) is 21.1. The fourth-order valence-corrected chi connectivity index (χ4v) is 3.25. The van der Waals surface area contributed by atoms with Crippen molar-refractivity contribution in [2.75, 3.05) is 5.32 Å². The first-order valence-corrected chi connectivity index (χ1v) is 9.98. The second kappa shape index (κ2) is 9.32. The van der Waals surface area contributed by atoms with E-state index in [1.165, 1.54) is 11.1 Å². The number of benzene rings is 1. The van der Waals surface area contributed by atoms with Crippen molar-refractivity contribution in [3.05, 3.63) is 83.3 Å². The maximum Gasteiger partial charge on any atom is 0.251 e. The van der Waals surface area contributed by atoms with Crippen LogP contribution in [0.1, 0.15) is 66.6 Å². The van der Waals surface area contributed by atoms with Crippen molar-refractivity contribution < 1.29 is 4.79 Å². The molecule has 0 fully saturated rings. The Hall–Kier alpha value is -3.21. The molecule has 0 spiro atoms. The van der Waals surface area contributed by atoms with Crippen molar-refractivity contribution >= 4 is 17.4 Å². The van der Waals surface area contributed by atoms with Crippen LogP contribution in [0.25, 0.3) is 0 Å². The average molecular weight is 389 g/mol. The number of amides is 1. The van der Waals surface area contributed by atoms with Crippen LogP contribution < -0.4 is 10.6 Å². The lowest BCUT2D eigenvalue weighted by Gasteiger charge is -2.20. The summed E-state index contributed by atoms with van der Waals surface area (Å²) in [5.74, 6) is 1.28. The van der Waals surface area contributed by atoms with E-state index in [1.54, 1.807) is 30.7 Å². The molecular weight excluding hydrogens is 360 g/mol. The molecule has 0 atom stereocenters. The van der Waals surface area contributed by atoms with Gasteiger partial charge in [0.15, 0.2) is 0 Å². The molecule has 3 rings (SSSR count). The third-order valence-corrected chi connectivity index (χ3v) is 4.82. The highest BCUT2D eigenvalue weighted by Gasteiger charge is 2.15. The Balaban J connectivity index is 1.81. The minimum atomic E-state index is -0.138. The van der Waals surface area contributed by atoms with Crippen LogP contribution in [0.5, 0.6) is 0 Å². The smallest absolute Gasteiger partial charge is 0.251 e. The van der Waals surface area contributed by atoms with Gasteiger partial charge >= 0.3 is 0 Å². The Morgan fingerprint density at radius 3 is 2.31 bits per heavy atom. The molecule has 1 amide bonds. The number of aromatic nitrogens is 2. The molecule has 0 aliphatic heterocycles. The molecular formula is C24H28N4O. The number of carbonyl (C=O) groups is 1. The van der Waals surface area contributed by atoms with Crippen LogP contribution >= 0.6 is 0 Å². The molecule has 0 radical (unpaired) electrons. The highest BCUT2D eigenvalue weighted by atomic mass is 16.1. The molecule has 1 aromatic carbocycles. The van der Waals surface area contributed by atoms with Gasteiger partial charge in [0.05, 0.1) is 0 Å². The van der Waals surface area contributed by atoms with Gasteiger partial charge in [0.25, 0.3) is 5.91 Å². The lowest BCUT2D eigenvalue weighted by Crippen LogP contribution is -2.23. The predicted molar refractivity (Wildman–Crippen MR) is 118 cm³/mol. The fraction of sp³-hybridized carbons (Fsp3) is 0.292. The van der Waals surface area contributed by atoms with Crippen LogP contribution in [0.3, 0.4) is 0 Å². The zero-order valence-corrected chi connectivity index (χ0v) is 17.4. The summed E-state index contributed by atoms with van der Waals surface area (Å²) in [6, 6.07) is 13.7. The van der Waals surface area contributed by atoms with Crippen LogP contribution in [0, 0.1) is 0 Å². The second-order valence-electron chi connectivity index (χ2n) is 7.72. The molecule has 0 aliphatic rings. The van der Waals surface area contributed by atoms with Gasteiger partial charge in [-0.1, -0.05) is 52.0 Å². The number of para-hydroxylation sites is 1. The van der Waals surface area contributed by atoms with Crippen LogP contribution in [0.15, 0.2) is 61.1 Å². The van der Waals surface area contributed by atoms with Gasteiger partial charge in [0.1, 0.15) is 5.82 Å². The number of pyridine rings is 2. The topological polar surface area (TPSA) is 66.9 Å². The Kier molecular flexibility index (Phi) is 6.60. The first-order chi connectivity index (χ1) is 14.0. The molecule has 0 saturated heterocycles. The van der Waals surface area contributed by atoms with Crippen LogP contribution in [0.4, 0.5) is 11.5 Å². The third-order valence-electron chi connectivity index (χ3n) is 4.82. The molecule has 2 heterocycles. The molecule has 29 heavy (non-hydrogen) atoms. The monoisotopic (exact) mass is 388 g/mol. The summed E-state index contributed by atoms with van der Waals surface area (Å²) in [5, 5.41) is 6.40. The highest BCUT2D eigenvalue weighted by molar-refractivity contribution is 5.94. The average Bonchev–Trinajstić information content (AvgIpc) is 2.72. The zero-order chi connectivity index (χ0) is 20.8. The van der Waals surface area contributed by atoms with E-state index < -0.39 is 0 Å². The molecule has 3 aromatic rings. The lowest BCUT2D eigenvalue weighted by atomic mass is 9.92. The summed E-state index contributed by atoms with van der Waals surface area (Å²) < 4.78 is 0. The number of anilines is 2. The SMILES string of the molecule is CC(C)c1cccc(C(C)C)c1Nc1cc(C(=O)NCc2cccnc2)ccn1. The Morgan fingerprint density at radius 2 is 1.69 bits per heavy atom. The van der Waals surface area contributed by atoms with E-state index in [0.717, 1.165) is 11.3 Å². The van der Waals surface area contributed by atoms with Crippen LogP contribution in [-0.2, 0) is 6.54 Å². The predicted octanol–water partition coefficient (Wildman–Crippen LogP) is 5.40. The summed E-state index contributed by atoms with van der Waals surface area (Å²) >= 11 is 0. The van der Waals surface area contributed by atoms with Crippen molar-refractivity contribution in [3.8, 4) is 0 Å². The van der Waals surface area contributed by atoms with Crippen molar-refractivity contribution in [2.24, 2.45) is 0 Å². The lowest BCUT2D eigenvalue weighted by molar-refractivity contribution is 0.0951. The number of hydrogen-bond donors (Lipinski definition) is 2. The quantitative estimate of drug-likeness (QED) is 0.569. The molecule has 2 N–H and O–H groups in total. The van der Waals surface area contributed by atoms with Gasteiger partial charge in [-0.05, 0) is 46.7 Å². The largest absolute Gasteiger partial charge is 0.348 e. The zero-order valence-electron chi connectivity index (χ0n) is 17.4. The number of rotatable bonds is 7. The molecule has 0 aliphatic carbocycles. The standard InChI is InChI=1S/C24H28N4O/c1-16(2)20-8-5-9-21(17(3)4)23(20)28-22-13-19(10-12-26-22)24(29)27-15-18-7-6-11-25-14-18/h5-14,16-17H,15H2,1-4H3,(H,26,28)(H,27,29). The molecule has 0 bridgehead atoms. The number of nitrogens with one attached hydrogen (secondary N) is 2. The summed E-state index contributed by atoms with van der Waals surface area (Å²) in [5.41, 5.74) is 5.09. The van der Waals surface area contributed by atoms with Gasteiger partial charge in [-0.15, -0.1) is 0 Å².